The normalized spacial score (nSPS) is 20.7. The number of alkyl halides is 2. The fourth-order valence-electron chi connectivity index (χ4n) is 1.98. The second-order valence-electron chi connectivity index (χ2n) is 4.34. The number of thioether (sulfide) groups is 1. The van der Waals surface area contributed by atoms with Crippen molar-refractivity contribution in [3.05, 3.63) is 35.9 Å². The van der Waals surface area contributed by atoms with Gasteiger partial charge >= 0.3 is 0 Å². The summed E-state index contributed by atoms with van der Waals surface area (Å²) in [6.45, 7) is 0.418. The monoisotopic (exact) mass is 257 g/mol. The molecule has 4 heteroatoms. The number of rotatable bonds is 5. The molecule has 1 atom stereocenters. The molecule has 1 aromatic rings. The van der Waals surface area contributed by atoms with Gasteiger partial charge in [-0.05, 0) is 18.6 Å². The van der Waals surface area contributed by atoms with E-state index in [2.05, 4.69) is 5.32 Å². The van der Waals surface area contributed by atoms with Crippen molar-refractivity contribution in [3.8, 4) is 0 Å². The summed E-state index contributed by atoms with van der Waals surface area (Å²) in [5.74, 6) is -1.61. The molecule has 94 valence electrons. The van der Waals surface area contributed by atoms with Crippen LogP contribution in [0.1, 0.15) is 18.4 Å². The molecule has 1 aromatic carbocycles. The molecule has 0 bridgehead atoms. The fraction of sp³-hybridized carbons (Fsp3) is 0.538. The molecule has 0 radical (unpaired) electrons. The number of benzene rings is 1. The van der Waals surface area contributed by atoms with E-state index in [1.165, 1.54) is 24.3 Å². The lowest BCUT2D eigenvalue weighted by molar-refractivity contribution is -0.00288. The van der Waals surface area contributed by atoms with Crippen LogP contribution in [-0.2, 0) is 5.92 Å². The average molecular weight is 257 g/mol. The van der Waals surface area contributed by atoms with Gasteiger partial charge in [0.15, 0.2) is 0 Å². The van der Waals surface area contributed by atoms with Crippen molar-refractivity contribution >= 4 is 11.8 Å². The van der Waals surface area contributed by atoms with Crippen molar-refractivity contribution in [2.45, 2.75) is 24.0 Å². The molecule has 1 saturated heterocycles. The highest BCUT2D eigenvalue weighted by Crippen LogP contribution is 2.28. The molecule has 0 amide bonds. The Morgan fingerprint density at radius 2 is 2.06 bits per heavy atom. The standard InChI is InChI=1S/C13H17F2NS/c14-13(15,11-5-2-1-3-6-11)10-16-9-12-7-4-8-17-12/h1-3,5-6,12,16H,4,7-10H2. The summed E-state index contributed by atoms with van der Waals surface area (Å²) >= 11 is 1.88. The molecule has 0 spiro atoms. The summed E-state index contributed by atoms with van der Waals surface area (Å²) in [5, 5.41) is 3.41. The van der Waals surface area contributed by atoms with Crippen LogP contribution in [0.15, 0.2) is 30.3 Å². The van der Waals surface area contributed by atoms with Crippen molar-refractivity contribution in [2.75, 3.05) is 18.8 Å². The molecular weight excluding hydrogens is 240 g/mol. The third-order valence-electron chi connectivity index (χ3n) is 2.94. The average Bonchev–Trinajstić information content (AvgIpc) is 2.83. The van der Waals surface area contributed by atoms with Crippen LogP contribution in [0.2, 0.25) is 0 Å². The lowest BCUT2D eigenvalue weighted by Crippen LogP contribution is -2.34. The van der Waals surface area contributed by atoms with Crippen molar-refractivity contribution < 1.29 is 8.78 Å². The molecule has 2 rings (SSSR count). The first kappa shape index (κ1) is 12.8. The highest BCUT2D eigenvalue weighted by atomic mass is 32.2. The Balaban J connectivity index is 1.80. The van der Waals surface area contributed by atoms with Crippen molar-refractivity contribution in [1.29, 1.82) is 0 Å². The number of halogens is 2. The van der Waals surface area contributed by atoms with Gasteiger partial charge in [-0.15, -0.1) is 0 Å². The van der Waals surface area contributed by atoms with E-state index in [4.69, 9.17) is 0 Å². The maximum Gasteiger partial charge on any atom is 0.285 e. The fourth-order valence-corrected chi connectivity index (χ4v) is 3.22. The van der Waals surface area contributed by atoms with E-state index in [9.17, 15) is 8.78 Å². The third-order valence-corrected chi connectivity index (χ3v) is 4.34. The van der Waals surface area contributed by atoms with Crippen LogP contribution in [0.5, 0.6) is 0 Å². The van der Waals surface area contributed by atoms with E-state index in [0.717, 1.165) is 6.42 Å². The molecule has 1 nitrogen and oxygen atoms in total. The van der Waals surface area contributed by atoms with Crippen LogP contribution in [0.25, 0.3) is 0 Å². The molecule has 0 aliphatic carbocycles. The van der Waals surface area contributed by atoms with Crippen molar-refractivity contribution in [2.24, 2.45) is 0 Å². The molecule has 1 N–H and O–H groups in total. The second kappa shape index (κ2) is 5.83. The molecule has 0 saturated carbocycles. The molecule has 1 aliphatic rings. The Bertz CT molecular complexity index is 337. The highest BCUT2D eigenvalue weighted by molar-refractivity contribution is 8.00. The predicted molar refractivity (Wildman–Crippen MR) is 68.7 cm³/mol. The maximum absolute atomic E-state index is 13.8. The van der Waals surface area contributed by atoms with Gasteiger partial charge in [0.2, 0.25) is 0 Å². The lowest BCUT2D eigenvalue weighted by atomic mass is 10.1. The summed E-state index contributed by atoms with van der Waals surface area (Å²) in [6, 6.07) is 8.01. The molecule has 1 fully saturated rings. The van der Waals surface area contributed by atoms with Crippen LogP contribution in [-0.4, -0.2) is 24.1 Å². The van der Waals surface area contributed by atoms with Gasteiger partial charge < -0.3 is 5.32 Å². The highest BCUT2D eigenvalue weighted by Gasteiger charge is 2.31. The molecule has 17 heavy (non-hydrogen) atoms. The Hall–Kier alpha value is -0.610. The number of hydrogen-bond donors (Lipinski definition) is 1. The Kier molecular flexibility index (Phi) is 4.40. The van der Waals surface area contributed by atoms with E-state index in [1.807, 2.05) is 11.8 Å². The van der Waals surface area contributed by atoms with Gasteiger partial charge in [0, 0.05) is 17.4 Å². The zero-order valence-corrected chi connectivity index (χ0v) is 10.5. The van der Waals surface area contributed by atoms with E-state index < -0.39 is 5.92 Å². The van der Waals surface area contributed by atoms with Gasteiger partial charge in [-0.25, -0.2) is 0 Å². The SMILES string of the molecule is FC(F)(CNCC1CCCS1)c1ccccc1. The Morgan fingerprint density at radius 1 is 1.29 bits per heavy atom. The van der Waals surface area contributed by atoms with Crippen molar-refractivity contribution in [3.63, 3.8) is 0 Å². The summed E-state index contributed by atoms with van der Waals surface area (Å²) in [7, 11) is 0. The molecule has 0 aromatic heterocycles. The van der Waals surface area contributed by atoms with Gasteiger partial charge in [0.05, 0.1) is 6.54 Å². The first-order chi connectivity index (χ1) is 8.18. The van der Waals surface area contributed by atoms with Crippen LogP contribution in [0.3, 0.4) is 0 Å². The molecule has 1 heterocycles. The van der Waals surface area contributed by atoms with Crippen LogP contribution < -0.4 is 5.32 Å². The third kappa shape index (κ3) is 3.68. The van der Waals surface area contributed by atoms with Gasteiger partial charge in [0.1, 0.15) is 0 Å². The van der Waals surface area contributed by atoms with E-state index in [-0.39, 0.29) is 12.1 Å². The van der Waals surface area contributed by atoms with Gasteiger partial charge in [-0.3, -0.25) is 0 Å². The Morgan fingerprint density at radius 3 is 2.71 bits per heavy atom. The van der Waals surface area contributed by atoms with Crippen LogP contribution in [0, 0.1) is 0 Å². The lowest BCUT2D eigenvalue weighted by Gasteiger charge is -2.18. The minimum absolute atomic E-state index is 0.0894. The minimum atomic E-state index is -2.77. The van der Waals surface area contributed by atoms with Gasteiger partial charge in [-0.2, -0.15) is 20.5 Å². The first-order valence-electron chi connectivity index (χ1n) is 5.94. The first-order valence-corrected chi connectivity index (χ1v) is 6.99. The van der Waals surface area contributed by atoms with Gasteiger partial charge in [0.25, 0.3) is 5.92 Å². The number of hydrogen-bond acceptors (Lipinski definition) is 2. The van der Waals surface area contributed by atoms with E-state index in [1.54, 1.807) is 18.2 Å². The van der Waals surface area contributed by atoms with E-state index in [0.29, 0.717) is 11.8 Å². The second-order valence-corrected chi connectivity index (χ2v) is 5.74. The topological polar surface area (TPSA) is 12.0 Å². The minimum Gasteiger partial charge on any atom is -0.310 e. The largest absolute Gasteiger partial charge is 0.310 e. The smallest absolute Gasteiger partial charge is 0.285 e. The Labute approximate surface area is 105 Å². The summed E-state index contributed by atoms with van der Waals surface area (Å²) in [6.07, 6.45) is 2.36. The predicted octanol–water partition coefficient (Wildman–Crippen LogP) is 3.26. The maximum atomic E-state index is 13.8. The van der Waals surface area contributed by atoms with Crippen LogP contribution >= 0.6 is 11.8 Å². The zero-order chi connectivity index (χ0) is 12.1. The van der Waals surface area contributed by atoms with E-state index >= 15 is 0 Å². The quantitative estimate of drug-likeness (QED) is 0.869. The van der Waals surface area contributed by atoms with Crippen molar-refractivity contribution in [1.82, 2.24) is 5.32 Å². The zero-order valence-electron chi connectivity index (χ0n) is 9.66. The van der Waals surface area contributed by atoms with Gasteiger partial charge in [-0.1, -0.05) is 30.3 Å². The summed E-state index contributed by atoms with van der Waals surface area (Å²) < 4.78 is 27.5. The molecular formula is C13H17F2NS. The molecule has 1 aliphatic heterocycles. The summed E-state index contributed by atoms with van der Waals surface area (Å²) in [4.78, 5) is 0. The summed E-state index contributed by atoms with van der Waals surface area (Å²) in [5.41, 5.74) is 0.0894. The number of nitrogens with one attached hydrogen (secondary N) is 1. The van der Waals surface area contributed by atoms with Crippen LogP contribution in [0.4, 0.5) is 8.78 Å². The molecule has 1 unspecified atom stereocenters.